The van der Waals surface area contributed by atoms with E-state index in [0.717, 1.165) is 42.1 Å². The van der Waals surface area contributed by atoms with Gasteiger partial charge in [-0.05, 0) is 74.1 Å². The first kappa shape index (κ1) is 28.1. The van der Waals surface area contributed by atoms with Gasteiger partial charge in [-0.15, -0.1) is 0 Å². The van der Waals surface area contributed by atoms with Crippen LogP contribution in [-0.2, 0) is 22.4 Å². The number of alkyl halides is 6. The van der Waals surface area contributed by atoms with Gasteiger partial charge in [0.2, 0.25) is 0 Å². The monoisotopic (exact) mass is 576 g/mol. The quantitative estimate of drug-likeness (QED) is 0.303. The maximum atomic E-state index is 13.6. The molecule has 3 aromatic rings. The zero-order chi connectivity index (χ0) is 27.8. The zero-order valence-corrected chi connectivity index (χ0v) is 21.4. The van der Waals surface area contributed by atoms with E-state index in [1.54, 1.807) is 6.92 Å². The van der Waals surface area contributed by atoms with E-state index in [4.69, 9.17) is 4.74 Å². The molecule has 1 aliphatic heterocycles. The number of benzene rings is 3. The first-order chi connectivity index (χ1) is 17.6. The molecule has 0 saturated carbocycles. The Morgan fingerprint density at radius 3 is 2.03 bits per heavy atom. The highest BCUT2D eigenvalue weighted by molar-refractivity contribution is 7.99. The molecule has 1 aliphatic rings. The van der Waals surface area contributed by atoms with Gasteiger partial charge >= 0.3 is 12.4 Å². The Kier molecular flexibility index (Phi) is 7.65. The van der Waals surface area contributed by atoms with Gasteiger partial charge in [0, 0.05) is 28.8 Å². The second-order valence-corrected chi connectivity index (χ2v) is 11.7. The summed E-state index contributed by atoms with van der Waals surface area (Å²) in [4.78, 5) is 0.950. The van der Waals surface area contributed by atoms with Crippen molar-refractivity contribution in [1.29, 1.82) is 0 Å². The van der Waals surface area contributed by atoms with Crippen molar-refractivity contribution < 1.29 is 39.5 Å². The predicted molar refractivity (Wildman–Crippen MR) is 131 cm³/mol. The SMILES string of the molecule is C[C@@]1(Oc2cc(NS(=O)(=O)c3ccc(Sc4ccc(C(F)(F)F)cc4)cc3)ccc2C(F)(F)F)CCNC1. The first-order valence-electron chi connectivity index (χ1n) is 11.2. The second-order valence-electron chi connectivity index (χ2n) is 8.89. The smallest absolute Gasteiger partial charge is 0.419 e. The van der Waals surface area contributed by atoms with E-state index in [2.05, 4.69) is 10.0 Å². The van der Waals surface area contributed by atoms with Gasteiger partial charge in [-0.2, -0.15) is 26.3 Å². The van der Waals surface area contributed by atoms with Gasteiger partial charge in [0.15, 0.2) is 0 Å². The molecule has 1 fully saturated rings. The Morgan fingerprint density at radius 2 is 1.50 bits per heavy atom. The van der Waals surface area contributed by atoms with Crippen LogP contribution in [0, 0.1) is 0 Å². The molecule has 2 N–H and O–H groups in total. The summed E-state index contributed by atoms with van der Waals surface area (Å²) in [5, 5.41) is 3.03. The summed E-state index contributed by atoms with van der Waals surface area (Å²) >= 11 is 1.14. The van der Waals surface area contributed by atoms with Crippen molar-refractivity contribution in [3.8, 4) is 5.75 Å². The maximum absolute atomic E-state index is 13.6. The molecule has 38 heavy (non-hydrogen) atoms. The Labute approximate surface area is 219 Å². The van der Waals surface area contributed by atoms with Gasteiger partial charge < -0.3 is 10.1 Å². The largest absolute Gasteiger partial charge is 0.485 e. The van der Waals surface area contributed by atoms with Crippen molar-refractivity contribution in [2.45, 2.75) is 46.0 Å². The molecule has 0 amide bonds. The van der Waals surface area contributed by atoms with Crippen LogP contribution in [0.2, 0.25) is 0 Å². The summed E-state index contributed by atoms with van der Waals surface area (Å²) < 4.78 is 113. The molecular weight excluding hydrogens is 554 g/mol. The number of anilines is 1. The minimum Gasteiger partial charge on any atom is -0.485 e. The minimum atomic E-state index is -4.70. The molecule has 0 aromatic heterocycles. The highest BCUT2D eigenvalue weighted by Crippen LogP contribution is 2.40. The van der Waals surface area contributed by atoms with Crippen LogP contribution in [0.1, 0.15) is 24.5 Å². The molecule has 1 saturated heterocycles. The first-order valence-corrected chi connectivity index (χ1v) is 13.5. The Hall–Kier alpha value is -2.90. The number of halogens is 6. The fourth-order valence-electron chi connectivity index (χ4n) is 3.80. The van der Waals surface area contributed by atoms with E-state index in [0.29, 0.717) is 29.3 Å². The third kappa shape index (κ3) is 6.75. The average Bonchev–Trinajstić information content (AvgIpc) is 3.24. The van der Waals surface area contributed by atoms with Crippen molar-refractivity contribution in [2.24, 2.45) is 0 Å². The summed E-state index contributed by atoms with van der Waals surface area (Å²) in [6, 6.07) is 12.9. The predicted octanol–water partition coefficient (Wildman–Crippen LogP) is 6.81. The molecule has 4 rings (SSSR count). The van der Waals surface area contributed by atoms with Crippen LogP contribution < -0.4 is 14.8 Å². The molecule has 0 spiro atoms. The molecule has 13 heteroatoms. The number of ether oxygens (including phenoxy) is 1. The summed E-state index contributed by atoms with van der Waals surface area (Å²) in [6.07, 6.45) is -8.66. The third-order valence-corrected chi connectivity index (χ3v) is 8.19. The van der Waals surface area contributed by atoms with Crippen LogP contribution in [-0.4, -0.2) is 27.1 Å². The zero-order valence-electron chi connectivity index (χ0n) is 19.8. The van der Waals surface area contributed by atoms with Crippen molar-refractivity contribution in [3.05, 3.63) is 77.9 Å². The molecular formula is C25H22F6N2O3S2. The fraction of sp³-hybridized carbons (Fsp3) is 0.280. The number of rotatable bonds is 7. The van der Waals surface area contributed by atoms with Crippen LogP contribution in [0.25, 0.3) is 0 Å². The Morgan fingerprint density at radius 1 is 0.895 bits per heavy atom. The molecule has 0 aliphatic carbocycles. The highest BCUT2D eigenvalue weighted by atomic mass is 32.2. The van der Waals surface area contributed by atoms with Gasteiger partial charge in [-0.1, -0.05) is 11.8 Å². The molecule has 1 heterocycles. The van der Waals surface area contributed by atoms with Gasteiger partial charge in [-0.3, -0.25) is 4.72 Å². The Balaban J connectivity index is 1.51. The van der Waals surface area contributed by atoms with Crippen LogP contribution in [0.15, 0.2) is 81.4 Å². The van der Waals surface area contributed by atoms with Gasteiger partial charge in [0.05, 0.1) is 21.7 Å². The summed E-state index contributed by atoms with van der Waals surface area (Å²) in [5.74, 6) is -0.479. The van der Waals surface area contributed by atoms with Crippen LogP contribution in [0.4, 0.5) is 32.0 Å². The topological polar surface area (TPSA) is 67.4 Å². The highest BCUT2D eigenvalue weighted by Gasteiger charge is 2.38. The molecule has 204 valence electrons. The van der Waals surface area contributed by atoms with Crippen LogP contribution >= 0.6 is 11.8 Å². The van der Waals surface area contributed by atoms with E-state index in [9.17, 15) is 34.8 Å². The molecule has 1 atom stereocenters. The van der Waals surface area contributed by atoms with E-state index in [1.807, 2.05) is 0 Å². The number of hydrogen-bond acceptors (Lipinski definition) is 5. The molecule has 5 nitrogen and oxygen atoms in total. The standard InChI is InChI=1S/C25H22F6N2O3S2/c1-23(12-13-32-15-23)36-22-14-17(4-11-21(22)25(29,30)31)33-38(34,35)20-9-7-19(8-10-20)37-18-5-2-16(3-6-18)24(26,27)28/h2-11,14,32-33H,12-13,15H2,1H3/t23-/m1/s1. The number of hydrogen-bond donors (Lipinski definition) is 2. The van der Waals surface area contributed by atoms with Crippen LogP contribution in [0.3, 0.4) is 0 Å². The van der Waals surface area contributed by atoms with Gasteiger partial charge in [-0.25, -0.2) is 8.42 Å². The Bertz CT molecular complexity index is 1380. The van der Waals surface area contributed by atoms with Crippen LogP contribution in [0.5, 0.6) is 5.75 Å². The van der Waals surface area contributed by atoms with E-state index in [-0.39, 0.29) is 10.6 Å². The van der Waals surface area contributed by atoms with Gasteiger partial charge in [0.25, 0.3) is 10.0 Å². The molecule has 0 unspecified atom stereocenters. The molecule has 3 aromatic carbocycles. The third-order valence-electron chi connectivity index (χ3n) is 5.78. The van der Waals surface area contributed by atoms with E-state index >= 15 is 0 Å². The van der Waals surface area contributed by atoms with Crippen molar-refractivity contribution in [1.82, 2.24) is 5.32 Å². The lowest BCUT2D eigenvalue weighted by Crippen LogP contribution is -2.35. The fourth-order valence-corrected chi connectivity index (χ4v) is 5.67. The average molecular weight is 577 g/mol. The van der Waals surface area contributed by atoms with Crippen molar-refractivity contribution in [3.63, 3.8) is 0 Å². The number of sulfonamides is 1. The minimum absolute atomic E-state index is 0.106. The summed E-state index contributed by atoms with van der Waals surface area (Å²) in [7, 11) is -4.17. The lowest BCUT2D eigenvalue weighted by Gasteiger charge is -2.27. The van der Waals surface area contributed by atoms with Gasteiger partial charge in [0.1, 0.15) is 11.4 Å². The second kappa shape index (κ2) is 10.3. The number of nitrogens with one attached hydrogen (secondary N) is 2. The maximum Gasteiger partial charge on any atom is 0.419 e. The lowest BCUT2D eigenvalue weighted by molar-refractivity contribution is -0.140. The molecule has 0 radical (unpaired) electrons. The molecule has 0 bridgehead atoms. The summed E-state index contributed by atoms with van der Waals surface area (Å²) in [6.45, 7) is 2.60. The van der Waals surface area contributed by atoms with E-state index < -0.39 is 44.9 Å². The van der Waals surface area contributed by atoms with E-state index in [1.165, 1.54) is 36.4 Å². The van der Waals surface area contributed by atoms with Crippen molar-refractivity contribution >= 4 is 27.5 Å². The summed E-state index contributed by atoms with van der Waals surface area (Å²) in [5.41, 5.74) is -2.78. The normalized spacial score (nSPS) is 18.4. The van der Waals surface area contributed by atoms with Crippen molar-refractivity contribution in [2.75, 3.05) is 17.8 Å². The lowest BCUT2D eigenvalue weighted by atomic mass is 10.1.